The summed E-state index contributed by atoms with van der Waals surface area (Å²) >= 11 is 0. The van der Waals surface area contributed by atoms with Crippen LogP contribution in [0.2, 0.25) is 31.9 Å². The number of methoxy groups -OCH3 is 2. The lowest BCUT2D eigenvalue weighted by Crippen LogP contribution is -2.44. The summed E-state index contributed by atoms with van der Waals surface area (Å²) in [5, 5.41) is 5.87. The summed E-state index contributed by atoms with van der Waals surface area (Å²) in [4.78, 5) is 12.8. The maximum Gasteiger partial charge on any atom is 0.291 e. The molecule has 2 heterocycles. The molecule has 3 aromatic rings. The molecule has 1 amide bonds. The second kappa shape index (κ2) is 8.42. The molecule has 1 aromatic heterocycles. The van der Waals surface area contributed by atoms with Crippen molar-refractivity contribution in [3.63, 3.8) is 0 Å². The number of rotatable bonds is 6. The lowest BCUT2D eigenvalue weighted by Gasteiger charge is -2.19. The molecule has 0 spiro atoms. The average Bonchev–Trinajstić information content (AvgIpc) is 3.29. The molecule has 0 saturated carbocycles. The Bertz CT molecular complexity index is 1190. The van der Waals surface area contributed by atoms with Crippen molar-refractivity contribution in [2.45, 2.75) is 38.8 Å². The Labute approximate surface area is 196 Å². The van der Waals surface area contributed by atoms with E-state index in [1.165, 1.54) is 25.1 Å². The van der Waals surface area contributed by atoms with Crippen LogP contribution < -0.4 is 29.9 Å². The smallest absolute Gasteiger partial charge is 0.291 e. The topological polar surface area (TPSA) is 69.9 Å². The van der Waals surface area contributed by atoms with Gasteiger partial charge in [0.1, 0.15) is 22.9 Å². The van der Waals surface area contributed by atoms with Gasteiger partial charge in [-0.05, 0) is 36.8 Å². The number of hydrogen-bond donors (Lipinski definition) is 1. The fourth-order valence-corrected chi connectivity index (χ4v) is 20.1. The van der Waals surface area contributed by atoms with E-state index >= 15 is 0 Å². The molecule has 0 bridgehead atoms. The first-order valence-corrected chi connectivity index (χ1v) is 17.4. The number of amides is 1. The van der Waals surface area contributed by atoms with Crippen molar-refractivity contribution in [1.29, 1.82) is 0 Å². The van der Waals surface area contributed by atoms with E-state index in [0.717, 1.165) is 11.3 Å². The van der Waals surface area contributed by atoms with Crippen molar-refractivity contribution in [3.8, 4) is 23.2 Å². The molecule has 8 heteroatoms. The van der Waals surface area contributed by atoms with E-state index in [0.29, 0.717) is 17.2 Å². The molecule has 0 fully saturated rings. The van der Waals surface area contributed by atoms with Crippen molar-refractivity contribution < 1.29 is 23.4 Å². The third-order valence-corrected chi connectivity index (χ3v) is 17.4. The highest BCUT2D eigenvalue weighted by Gasteiger charge is 2.45. The molecule has 4 rings (SSSR count). The van der Waals surface area contributed by atoms with Gasteiger partial charge in [0.2, 0.25) is 0 Å². The highest BCUT2D eigenvalue weighted by molar-refractivity contribution is 7.14. The van der Waals surface area contributed by atoms with Crippen LogP contribution in [-0.4, -0.2) is 36.3 Å². The number of hydrogen-bond acceptors (Lipinski definition) is 5. The Hall–Kier alpha value is -2.98. The number of carbonyl (C=O) groups is 1. The van der Waals surface area contributed by atoms with Crippen LogP contribution >= 0.6 is 0 Å². The molecule has 1 N–H and O–H groups in total. The highest BCUT2D eigenvalue weighted by atomic mass is 28.4. The number of carbonyl (C=O) groups excluding carboxylic acids is 1. The van der Waals surface area contributed by atoms with Gasteiger partial charge >= 0.3 is 0 Å². The van der Waals surface area contributed by atoms with Crippen LogP contribution in [0.15, 0.2) is 46.9 Å². The van der Waals surface area contributed by atoms with Crippen LogP contribution in [0.3, 0.4) is 0 Å². The van der Waals surface area contributed by atoms with Crippen LogP contribution in [0.25, 0.3) is 0 Å². The highest BCUT2D eigenvalue weighted by Crippen LogP contribution is 2.35. The van der Waals surface area contributed by atoms with E-state index in [2.05, 4.69) is 50.6 Å². The lowest BCUT2D eigenvalue weighted by atomic mass is 10.2. The van der Waals surface area contributed by atoms with Crippen LogP contribution in [0, 0.1) is 6.92 Å². The third-order valence-electron chi connectivity index (χ3n) is 6.34. The minimum Gasteiger partial charge on any atom is -0.494 e. The molecule has 1 aliphatic heterocycles. The van der Waals surface area contributed by atoms with Gasteiger partial charge in [-0.2, -0.15) is 0 Å². The SMILES string of the molecule is COc1cccc(OC)c1NC(=O)c1ccc(Oc2cc3c(cc2C)[Si](C)(C)C[Si]3(C)C)o1. The monoisotopic (exact) mass is 481 g/mol. The van der Waals surface area contributed by atoms with Crippen LogP contribution in [0.5, 0.6) is 23.2 Å². The van der Waals surface area contributed by atoms with Gasteiger partial charge < -0.3 is 23.9 Å². The fourth-order valence-electron chi connectivity index (χ4n) is 4.97. The molecule has 6 nitrogen and oxygen atoms in total. The summed E-state index contributed by atoms with van der Waals surface area (Å²) in [6, 6.07) is 13.1. The molecule has 174 valence electrons. The van der Waals surface area contributed by atoms with E-state index in [1.54, 1.807) is 35.5 Å². The summed E-state index contributed by atoms with van der Waals surface area (Å²) in [7, 11) is 0.200. The first-order chi connectivity index (χ1) is 15.6. The average molecular weight is 482 g/mol. The van der Waals surface area contributed by atoms with Gasteiger partial charge in [0, 0.05) is 6.07 Å². The molecule has 0 unspecified atom stereocenters. The van der Waals surface area contributed by atoms with Gasteiger partial charge in [-0.25, -0.2) is 0 Å². The second-order valence-electron chi connectivity index (χ2n) is 9.82. The Morgan fingerprint density at radius 2 is 1.52 bits per heavy atom. The fraction of sp³-hybridized carbons (Fsp3) is 0.320. The van der Waals surface area contributed by atoms with E-state index in [9.17, 15) is 4.79 Å². The first-order valence-electron chi connectivity index (χ1n) is 11.0. The zero-order valence-corrected chi connectivity index (χ0v) is 22.3. The van der Waals surface area contributed by atoms with Crippen molar-refractivity contribution in [3.05, 3.63) is 53.8 Å². The number of benzene rings is 2. The first kappa shape index (κ1) is 23.2. The lowest BCUT2D eigenvalue weighted by molar-refractivity contribution is 0.0991. The number of para-hydroxylation sites is 1. The number of ether oxygens (including phenoxy) is 3. The Morgan fingerprint density at radius 3 is 2.12 bits per heavy atom. The third kappa shape index (κ3) is 4.32. The summed E-state index contributed by atoms with van der Waals surface area (Å²) in [5.74, 6) is 1.79. The zero-order valence-electron chi connectivity index (χ0n) is 20.3. The zero-order chi connectivity index (χ0) is 24.0. The Balaban J connectivity index is 1.57. The number of fused-ring (bicyclic) bond motifs is 1. The molecule has 0 radical (unpaired) electrons. The number of furan rings is 1. The van der Waals surface area contributed by atoms with Crippen LogP contribution in [-0.2, 0) is 0 Å². The minimum atomic E-state index is -1.48. The van der Waals surface area contributed by atoms with E-state index in [-0.39, 0.29) is 11.7 Å². The molecular formula is C25H31NO5Si2. The predicted molar refractivity (Wildman–Crippen MR) is 136 cm³/mol. The van der Waals surface area contributed by atoms with Crippen molar-refractivity contribution >= 4 is 38.1 Å². The summed E-state index contributed by atoms with van der Waals surface area (Å²) in [6.07, 6.45) is 0. The number of nitrogens with one attached hydrogen (secondary N) is 1. The van der Waals surface area contributed by atoms with E-state index in [1.807, 2.05) is 0 Å². The standard InChI is InChI=1S/C25H31NO5Si2/c1-16-13-21-22(33(6,7)15-32(21,4)5)14-20(16)31-23-12-11-19(30-23)25(27)26-24-17(28-2)9-8-10-18(24)29-3/h8-14H,15H2,1-7H3,(H,26,27). The van der Waals surface area contributed by atoms with Gasteiger partial charge in [-0.3, -0.25) is 4.79 Å². The summed E-state index contributed by atoms with van der Waals surface area (Å²) < 4.78 is 22.5. The van der Waals surface area contributed by atoms with Crippen LogP contribution in [0.1, 0.15) is 16.1 Å². The van der Waals surface area contributed by atoms with E-state index < -0.39 is 22.1 Å². The maximum absolute atomic E-state index is 12.8. The van der Waals surface area contributed by atoms with Crippen molar-refractivity contribution in [1.82, 2.24) is 0 Å². The van der Waals surface area contributed by atoms with Crippen molar-refractivity contribution in [2.75, 3.05) is 19.5 Å². The molecule has 0 atom stereocenters. The molecular weight excluding hydrogens is 450 g/mol. The van der Waals surface area contributed by atoms with Gasteiger partial charge in [0.05, 0.1) is 30.4 Å². The van der Waals surface area contributed by atoms with Gasteiger partial charge in [0.15, 0.2) is 5.76 Å². The molecule has 0 saturated heterocycles. The van der Waals surface area contributed by atoms with Crippen molar-refractivity contribution in [2.24, 2.45) is 0 Å². The Kier molecular flexibility index (Phi) is 5.92. The molecule has 33 heavy (non-hydrogen) atoms. The number of anilines is 1. The predicted octanol–water partition coefficient (Wildman–Crippen LogP) is 5.03. The second-order valence-corrected chi connectivity index (χ2v) is 19.8. The minimum absolute atomic E-state index is 0.139. The van der Waals surface area contributed by atoms with Gasteiger partial charge in [-0.15, -0.1) is 0 Å². The Morgan fingerprint density at radius 1 is 0.909 bits per heavy atom. The number of aryl methyl sites for hydroxylation is 1. The summed E-state index contributed by atoms with van der Waals surface area (Å²) in [6.45, 7) is 11.9. The molecule has 2 aromatic carbocycles. The quantitative estimate of drug-likeness (QED) is 0.500. The van der Waals surface area contributed by atoms with Crippen LogP contribution in [0.4, 0.5) is 5.69 Å². The van der Waals surface area contributed by atoms with E-state index in [4.69, 9.17) is 18.6 Å². The van der Waals surface area contributed by atoms with Gasteiger partial charge in [0.25, 0.3) is 11.9 Å². The normalized spacial score (nSPS) is 15.6. The largest absolute Gasteiger partial charge is 0.494 e. The van der Waals surface area contributed by atoms with Gasteiger partial charge in [-0.1, -0.05) is 54.4 Å². The molecule has 0 aliphatic carbocycles. The summed E-state index contributed by atoms with van der Waals surface area (Å²) in [5.41, 5.74) is 2.89. The molecule has 1 aliphatic rings. The maximum atomic E-state index is 12.8.